The standard InChI is InChI=1S/C31H36F9N3O4/c1-45-19-28(20-46-2)18-42(11-12-47-28)8-7-41-9-10-43(26(17-41)13-21-3-5-23(6-4-21)29(32,33)34)27(44)22-14-24(30(35,36)37)16-25(15-22)31(38,39)40/h3-6,14-16,26H,7-13,17-20H2,1-2H3/t26-/m1/s1. The summed E-state index contributed by atoms with van der Waals surface area (Å²) in [5.74, 6) is -1.03. The van der Waals surface area contributed by atoms with Gasteiger partial charge in [-0.2, -0.15) is 39.5 Å². The van der Waals surface area contributed by atoms with E-state index in [1.54, 1.807) is 14.2 Å². The second-order valence-electron chi connectivity index (χ2n) is 11.8. The highest BCUT2D eigenvalue weighted by Gasteiger charge is 2.40. The summed E-state index contributed by atoms with van der Waals surface area (Å²) in [5.41, 5.74) is -5.14. The lowest BCUT2D eigenvalue weighted by Gasteiger charge is -2.44. The van der Waals surface area contributed by atoms with E-state index in [1.807, 2.05) is 4.90 Å². The first-order valence-corrected chi connectivity index (χ1v) is 14.8. The summed E-state index contributed by atoms with van der Waals surface area (Å²) in [6.45, 7) is 3.68. The third-order valence-electron chi connectivity index (χ3n) is 8.29. The van der Waals surface area contributed by atoms with Crippen LogP contribution in [0.2, 0.25) is 0 Å². The van der Waals surface area contributed by atoms with E-state index in [0.29, 0.717) is 63.7 Å². The molecule has 16 heteroatoms. The lowest BCUT2D eigenvalue weighted by Crippen LogP contribution is -2.59. The van der Waals surface area contributed by atoms with E-state index < -0.39 is 58.3 Å². The highest BCUT2D eigenvalue weighted by Crippen LogP contribution is 2.37. The normalized spacial score (nSPS) is 20.1. The van der Waals surface area contributed by atoms with Crippen LogP contribution in [0.15, 0.2) is 42.5 Å². The van der Waals surface area contributed by atoms with E-state index in [2.05, 4.69) is 4.90 Å². The Bertz CT molecular complexity index is 1310. The quantitative estimate of drug-likeness (QED) is 0.309. The zero-order valence-corrected chi connectivity index (χ0v) is 25.8. The van der Waals surface area contributed by atoms with Crippen molar-refractivity contribution in [3.05, 3.63) is 70.3 Å². The summed E-state index contributed by atoms with van der Waals surface area (Å²) in [5, 5.41) is 0. The number of nitrogens with zero attached hydrogens (tertiary/aromatic N) is 3. The second kappa shape index (κ2) is 14.7. The maximum atomic E-state index is 13.6. The van der Waals surface area contributed by atoms with Crippen molar-refractivity contribution in [2.24, 2.45) is 0 Å². The van der Waals surface area contributed by atoms with Gasteiger partial charge in [0, 0.05) is 71.6 Å². The maximum absolute atomic E-state index is 13.6. The van der Waals surface area contributed by atoms with Crippen molar-refractivity contribution in [1.82, 2.24) is 14.7 Å². The summed E-state index contributed by atoms with van der Waals surface area (Å²) in [4.78, 5) is 19.0. The van der Waals surface area contributed by atoms with Crippen LogP contribution in [0.4, 0.5) is 39.5 Å². The third-order valence-corrected chi connectivity index (χ3v) is 8.29. The fourth-order valence-electron chi connectivity index (χ4n) is 6.05. The average Bonchev–Trinajstić information content (AvgIpc) is 2.99. The van der Waals surface area contributed by atoms with Crippen LogP contribution in [0.25, 0.3) is 0 Å². The van der Waals surface area contributed by atoms with Crippen LogP contribution in [-0.4, -0.2) is 112 Å². The van der Waals surface area contributed by atoms with Crippen molar-refractivity contribution < 1.29 is 58.5 Å². The lowest BCUT2D eigenvalue weighted by molar-refractivity contribution is -0.164. The molecule has 2 aliphatic rings. The number of carbonyl (C=O) groups is 1. The fraction of sp³-hybridized carbons (Fsp3) is 0.581. The number of morpholine rings is 1. The minimum absolute atomic E-state index is 0.0216. The smallest absolute Gasteiger partial charge is 0.382 e. The Kier molecular flexibility index (Phi) is 11.5. The molecule has 1 amide bonds. The molecule has 0 N–H and O–H groups in total. The van der Waals surface area contributed by atoms with Gasteiger partial charge in [-0.3, -0.25) is 14.6 Å². The van der Waals surface area contributed by atoms with Gasteiger partial charge in [0.15, 0.2) is 0 Å². The molecule has 2 aliphatic heterocycles. The number of carbonyl (C=O) groups excluding carboxylic acids is 1. The number of amides is 1. The van der Waals surface area contributed by atoms with Gasteiger partial charge in [-0.05, 0) is 42.3 Å². The Morgan fingerprint density at radius 1 is 0.787 bits per heavy atom. The van der Waals surface area contributed by atoms with Gasteiger partial charge in [0.05, 0.1) is 36.5 Å². The summed E-state index contributed by atoms with van der Waals surface area (Å²) >= 11 is 0. The van der Waals surface area contributed by atoms with Gasteiger partial charge in [0.1, 0.15) is 5.60 Å². The van der Waals surface area contributed by atoms with E-state index in [0.717, 1.165) is 12.1 Å². The minimum atomic E-state index is -5.14. The summed E-state index contributed by atoms with van der Waals surface area (Å²) in [6.07, 6.45) is -14.8. The Morgan fingerprint density at radius 3 is 1.87 bits per heavy atom. The van der Waals surface area contributed by atoms with Crippen LogP contribution in [-0.2, 0) is 39.2 Å². The largest absolute Gasteiger partial charge is 0.416 e. The fourth-order valence-corrected chi connectivity index (χ4v) is 6.05. The molecule has 0 unspecified atom stereocenters. The number of piperazine rings is 1. The summed E-state index contributed by atoms with van der Waals surface area (Å²) in [6, 6.07) is 4.24. The first-order chi connectivity index (χ1) is 21.9. The molecule has 2 fully saturated rings. The van der Waals surface area contributed by atoms with Crippen LogP contribution in [0.3, 0.4) is 0 Å². The number of hydrogen-bond donors (Lipinski definition) is 0. The molecular weight excluding hydrogens is 649 g/mol. The van der Waals surface area contributed by atoms with E-state index >= 15 is 0 Å². The SMILES string of the molecule is COCC1(COC)CN(CCN2CCN(C(=O)c3cc(C(F)(F)F)cc(C(F)(F)F)c3)[C@H](Cc3ccc(C(F)(F)F)cc3)C2)CCO1. The summed E-state index contributed by atoms with van der Waals surface area (Å²) < 4.78 is 137. The first-order valence-electron chi connectivity index (χ1n) is 14.8. The number of rotatable bonds is 10. The van der Waals surface area contributed by atoms with Crippen molar-refractivity contribution in [1.29, 1.82) is 0 Å². The van der Waals surface area contributed by atoms with Gasteiger partial charge in [-0.15, -0.1) is 0 Å². The molecule has 7 nitrogen and oxygen atoms in total. The molecule has 2 aromatic carbocycles. The predicted molar refractivity (Wildman–Crippen MR) is 152 cm³/mol. The molecule has 2 aromatic rings. The van der Waals surface area contributed by atoms with E-state index in [9.17, 15) is 44.3 Å². The van der Waals surface area contributed by atoms with Crippen LogP contribution in [0.1, 0.15) is 32.6 Å². The molecular formula is C31H36F9N3O4. The third kappa shape index (κ3) is 9.59. The zero-order chi connectivity index (χ0) is 34.6. The molecule has 0 aliphatic carbocycles. The Balaban J connectivity index is 1.57. The van der Waals surface area contributed by atoms with Crippen molar-refractivity contribution in [3.63, 3.8) is 0 Å². The van der Waals surface area contributed by atoms with Crippen LogP contribution in [0, 0.1) is 0 Å². The molecule has 0 spiro atoms. The van der Waals surface area contributed by atoms with Gasteiger partial charge >= 0.3 is 18.5 Å². The average molecular weight is 686 g/mol. The Labute approximate surface area is 266 Å². The molecule has 4 rings (SSSR count). The highest BCUT2D eigenvalue weighted by atomic mass is 19.4. The van der Waals surface area contributed by atoms with Crippen LogP contribution >= 0.6 is 0 Å². The second-order valence-corrected chi connectivity index (χ2v) is 11.8. The van der Waals surface area contributed by atoms with Gasteiger partial charge in [-0.1, -0.05) is 12.1 Å². The number of ether oxygens (including phenoxy) is 3. The molecule has 2 heterocycles. The molecule has 1 atom stereocenters. The minimum Gasteiger partial charge on any atom is -0.382 e. The lowest BCUT2D eigenvalue weighted by atomic mass is 9.98. The number of methoxy groups -OCH3 is 2. The summed E-state index contributed by atoms with van der Waals surface area (Å²) in [7, 11) is 3.11. The predicted octanol–water partition coefficient (Wildman–Crippen LogP) is 5.48. The number of halogens is 9. The Hall–Kier alpha value is -2.92. The molecule has 0 radical (unpaired) electrons. The number of alkyl halides is 9. The Morgan fingerprint density at radius 2 is 1.34 bits per heavy atom. The molecule has 47 heavy (non-hydrogen) atoms. The van der Waals surface area contributed by atoms with Gasteiger partial charge in [0.25, 0.3) is 5.91 Å². The van der Waals surface area contributed by atoms with Crippen LogP contribution < -0.4 is 0 Å². The highest BCUT2D eigenvalue weighted by molar-refractivity contribution is 5.95. The monoisotopic (exact) mass is 685 g/mol. The van der Waals surface area contributed by atoms with E-state index in [4.69, 9.17) is 14.2 Å². The molecule has 262 valence electrons. The topological polar surface area (TPSA) is 54.5 Å². The van der Waals surface area contributed by atoms with E-state index in [1.165, 1.54) is 17.0 Å². The zero-order valence-electron chi connectivity index (χ0n) is 25.8. The number of hydrogen-bond acceptors (Lipinski definition) is 6. The molecule has 2 saturated heterocycles. The van der Waals surface area contributed by atoms with Crippen molar-refractivity contribution >= 4 is 5.91 Å². The van der Waals surface area contributed by atoms with Crippen molar-refractivity contribution in [3.8, 4) is 0 Å². The van der Waals surface area contributed by atoms with E-state index in [-0.39, 0.29) is 32.1 Å². The maximum Gasteiger partial charge on any atom is 0.416 e. The van der Waals surface area contributed by atoms with Gasteiger partial charge < -0.3 is 19.1 Å². The van der Waals surface area contributed by atoms with Gasteiger partial charge in [-0.25, -0.2) is 0 Å². The van der Waals surface area contributed by atoms with Gasteiger partial charge in [0.2, 0.25) is 0 Å². The van der Waals surface area contributed by atoms with Crippen molar-refractivity contribution in [2.75, 3.05) is 79.9 Å². The first kappa shape index (κ1) is 36.9. The van der Waals surface area contributed by atoms with Crippen molar-refractivity contribution in [2.45, 2.75) is 36.6 Å². The molecule has 0 saturated carbocycles. The number of benzene rings is 2. The van der Waals surface area contributed by atoms with Crippen LogP contribution in [0.5, 0.6) is 0 Å². The molecule has 0 aromatic heterocycles. The molecule has 0 bridgehead atoms.